The van der Waals surface area contributed by atoms with Crippen molar-refractivity contribution < 1.29 is 18.3 Å². The van der Waals surface area contributed by atoms with Crippen LogP contribution in [0.25, 0.3) is 0 Å². The molecular weight excluding hydrogens is 206 g/mol. The molecule has 0 aliphatic heterocycles. The molecule has 2 N–H and O–H groups in total. The summed E-state index contributed by atoms with van der Waals surface area (Å²) in [5.74, 6) is -1.43. The van der Waals surface area contributed by atoms with Crippen molar-refractivity contribution in [3.8, 4) is 0 Å². The third-order valence-electron chi connectivity index (χ3n) is 1.84. The molecule has 0 bridgehead atoms. The SMILES string of the molecule is CC(C)[C@@H](NS(=O)(=O)C(C)C)C(=O)O. The highest BCUT2D eigenvalue weighted by atomic mass is 32.2. The van der Waals surface area contributed by atoms with Crippen LogP contribution < -0.4 is 4.72 Å². The number of sulfonamides is 1. The summed E-state index contributed by atoms with van der Waals surface area (Å²) in [6, 6.07) is -1.05. The Hall–Kier alpha value is -0.620. The normalized spacial score (nSPS) is 14.7. The Bertz CT molecular complexity index is 294. The van der Waals surface area contributed by atoms with E-state index in [0.29, 0.717) is 0 Å². The van der Waals surface area contributed by atoms with Crippen molar-refractivity contribution in [3.63, 3.8) is 0 Å². The van der Waals surface area contributed by atoms with Crippen molar-refractivity contribution in [1.82, 2.24) is 4.72 Å². The molecule has 0 aromatic rings. The third kappa shape index (κ3) is 3.63. The van der Waals surface area contributed by atoms with Crippen LogP contribution in [0.5, 0.6) is 0 Å². The van der Waals surface area contributed by atoms with Gasteiger partial charge in [0.1, 0.15) is 6.04 Å². The Morgan fingerprint density at radius 1 is 1.21 bits per heavy atom. The lowest BCUT2D eigenvalue weighted by atomic mass is 10.1. The van der Waals surface area contributed by atoms with Gasteiger partial charge >= 0.3 is 5.97 Å². The van der Waals surface area contributed by atoms with Gasteiger partial charge in [-0.05, 0) is 19.8 Å². The fraction of sp³-hybridized carbons (Fsp3) is 0.875. The average molecular weight is 223 g/mol. The van der Waals surface area contributed by atoms with E-state index < -0.39 is 27.3 Å². The lowest BCUT2D eigenvalue weighted by Gasteiger charge is -2.19. The van der Waals surface area contributed by atoms with Crippen LogP contribution in [0.3, 0.4) is 0 Å². The minimum Gasteiger partial charge on any atom is -0.480 e. The summed E-state index contributed by atoms with van der Waals surface area (Å²) in [7, 11) is -3.52. The van der Waals surface area contributed by atoms with Crippen LogP contribution in [0.4, 0.5) is 0 Å². The molecule has 1 atom stereocenters. The summed E-state index contributed by atoms with van der Waals surface area (Å²) < 4.78 is 24.9. The van der Waals surface area contributed by atoms with Gasteiger partial charge in [-0.3, -0.25) is 4.79 Å². The van der Waals surface area contributed by atoms with E-state index in [9.17, 15) is 13.2 Å². The first kappa shape index (κ1) is 13.4. The van der Waals surface area contributed by atoms with Gasteiger partial charge in [-0.25, -0.2) is 13.1 Å². The van der Waals surface area contributed by atoms with Crippen molar-refractivity contribution >= 4 is 16.0 Å². The van der Waals surface area contributed by atoms with E-state index in [1.54, 1.807) is 13.8 Å². The lowest BCUT2D eigenvalue weighted by Crippen LogP contribution is -2.46. The molecule has 0 aliphatic rings. The Kier molecular flexibility index (Phi) is 4.54. The minimum absolute atomic E-state index is 0.277. The Morgan fingerprint density at radius 3 is 1.86 bits per heavy atom. The monoisotopic (exact) mass is 223 g/mol. The number of rotatable bonds is 5. The topological polar surface area (TPSA) is 83.5 Å². The molecule has 0 saturated heterocycles. The maximum absolute atomic E-state index is 11.4. The predicted molar refractivity (Wildman–Crippen MR) is 53.5 cm³/mol. The Labute approximate surface area is 84.6 Å². The number of hydrogen-bond donors (Lipinski definition) is 2. The van der Waals surface area contributed by atoms with Crippen molar-refractivity contribution in [2.45, 2.75) is 39.0 Å². The largest absolute Gasteiger partial charge is 0.480 e. The second-order valence-electron chi connectivity index (χ2n) is 3.77. The fourth-order valence-electron chi connectivity index (χ4n) is 0.785. The van der Waals surface area contributed by atoms with E-state index in [1.165, 1.54) is 13.8 Å². The molecule has 84 valence electrons. The highest BCUT2D eigenvalue weighted by molar-refractivity contribution is 7.90. The average Bonchev–Trinajstić information content (AvgIpc) is 1.98. The maximum Gasteiger partial charge on any atom is 0.321 e. The molecule has 0 aromatic carbocycles. The first-order valence-electron chi connectivity index (χ1n) is 4.42. The molecule has 0 aromatic heterocycles. The van der Waals surface area contributed by atoms with Gasteiger partial charge in [0.05, 0.1) is 5.25 Å². The predicted octanol–water partition coefficient (Wildman–Crippen LogP) is 0.423. The fourth-order valence-corrected chi connectivity index (χ4v) is 1.78. The highest BCUT2D eigenvalue weighted by Crippen LogP contribution is 2.06. The van der Waals surface area contributed by atoms with E-state index in [0.717, 1.165) is 0 Å². The summed E-state index contributed by atoms with van der Waals surface area (Å²) in [4.78, 5) is 10.7. The molecule has 5 nitrogen and oxygen atoms in total. The van der Waals surface area contributed by atoms with Gasteiger partial charge in [0.2, 0.25) is 10.0 Å². The Morgan fingerprint density at radius 2 is 1.64 bits per heavy atom. The summed E-state index contributed by atoms with van der Waals surface area (Å²) in [6.07, 6.45) is 0. The van der Waals surface area contributed by atoms with Crippen molar-refractivity contribution in [2.24, 2.45) is 5.92 Å². The molecule has 0 spiro atoms. The van der Waals surface area contributed by atoms with Crippen molar-refractivity contribution in [2.75, 3.05) is 0 Å². The molecule has 0 unspecified atom stereocenters. The molecule has 0 amide bonds. The van der Waals surface area contributed by atoms with E-state index in [-0.39, 0.29) is 5.92 Å². The first-order valence-corrected chi connectivity index (χ1v) is 5.97. The van der Waals surface area contributed by atoms with Crippen LogP contribution in [0.2, 0.25) is 0 Å². The quantitative estimate of drug-likeness (QED) is 0.707. The number of hydrogen-bond acceptors (Lipinski definition) is 3. The first-order chi connectivity index (χ1) is 6.18. The Balaban J connectivity index is 4.71. The molecule has 14 heavy (non-hydrogen) atoms. The number of aliphatic carboxylic acids is 1. The van der Waals surface area contributed by atoms with Crippen LogP contribution in [-0.4, -0.2) is 30.8 Å². The molecule has 0 rings (SSSR count). The smallest absolute Gasteiger partial charge is 0.321 e. The van der Waals surface area contributed by atoms with Gasteiger partial charge in [0, 0.05) is 0 Å². The summed E-state index contributed by atoms with van der Waals surface area (Å²) in [5, 5.41) is 8.14. The second-order valence-corrected chi connectivity index (χ2v) is 6.04. The van der Waals surface area contributed by atoms with Crippen LogP contribution in [0, 0.1) is 5.92 Å². The van der Waals surface area contributed by atoms with Crippen LogP contribution >= 0.6 is 0 Å². The van der Waals surface area contributed by atoms with Crippen molar-refractivity contribution in [3.05, 3.63) is 0 Å². The van der Waals surface area contributed by atoms with Crippen LogP contribution in [0.15, 0.2) is 0 Å². The molecule has 0 aliphatic carbocycles. The summed E-state index contributed by atoms with van der Waals surface area (Å²) in [5.41, 5.74) is 0. The standard InChI is InChI=1S/C8H17NO4S/c1-5(2)7(8(10)11)9-14(12,13)6(3)4/h5-7,9H,1-4H3,(H,10,11)/t7-/m1/s1. The zero-order valence-corrected chi connectivity index (χ0v) is 9.63. The van der Waals surface area contributed by atoms with Gasteiger partial charge in [-0.2, -0.15) is 0 Å². The maximum atomic E-state index is 11.4. The van der Waals surface area contributed by atoms with E-state index >= 15 is 0 Å². The molecule has 0 radical (unpaired) electrons. The molecule has 6 heteroatoms. The second kappa shape index (κ2) is 4.75. The molecule has 0 fully saturated rings. The molecular formula is C8H17NO4S. The van der Waals surface area contributed by atoms with Crippen molar-refractivity contribution in [1.29, 1.82) is 0 Å². The number of carboxylic acid groups (broad SMARTS) is 1. The van der Waals surface area contributed by atoms with Gasteiger partial charge in [0.25, 0.3) is 0 Å². The van der Waals surface area contributed by atoms with E-state index in [1.807, 2.05) is 0 Å². The summed E-state index contributed by atoms with van der Waals surface area (Å²) >= 11 is 0. The zero-order valence-electron chi connectivity index (χ0n) is 8.81. The van der Waals surface area contributed by atoms with Gasteiger partial charge in [0.15, 0.2) is 0 Å². The number of nitrogens with one attached hydrogen (secondary N) is 1. The lowest BCUT2D eigenvalue weighted by molar-refractivity contribution is -0.140. The van der Waals surface area contributed by atoms with Crippen LogP contribution in [-0.2, 0) is 14.8 Å². The van der Waals surface area contributed by atoms with E-state index in [2.05, 4.69) is 4.72 Å². The highest BCUT2D eigenvalue weighted by Gasteiger charge is 2.28. The number of carboxylic acids is 1. The van der Waals surface area contributed by atoms with Gasteiger partial charge < -0.3 is 5.11 Å². The minimum atomic E-state index is -3.52. The molecule has 0 heterocycles. The molecule has 0 saturated carbocycles. The third-order valence-corrected chi connectivity index (χ3v) is 3.67. The van der Waals surface area contributed by atoms with Crippen LogP contribution in [0.1, 0.15) is 27.7 Å². The van der Waals surface area contributed by atoms with Gasteiger partial charge in [-0.15, -0.1) is 0 Å². The summed E-state index contributed by atoms with van der Waals surface area (Å²) in [6.45, 7) is 6.31. The zero-order chi connectivity index (χ0) is 11.5. The van der Waals surface area contributed by atoms with Gasteiger partial charge in [-0.1, -0.05) is 13.8 Å². The van der Waals surface area contributed by atoms with E-state index in [4.69, 9.17) is 5.11 Å². The number of carbonyl (C=O) groups is 1.